The highest BCUT2D eigenvalue weighted by Gasteiger charge is 2.17. The maximum absolute atomic E-state index is 13.0. The third-order valence-corrected chi connectivity index (χ3v) is 4.85. The quantitative estimate of drug-likeness (QED) is 0.288. The van der Waals surface area contributed by atoms with E-state index in [1.807, 2.05) is 12.1 Å². The molecule has 5 heteroatoms. The summed E-state index contributed by atoms with van der Waals surface area (Å²) in [5.74, 6) is -0.180. The number of halogens is 3. The van der Waals surface area contributed by atoms with Gasteiger partial charge in [-0.1, -0.05) is 46.9 Å². The number of hydrogen-bond donors (Lipinski definition) is 0. The standard InChI is InChI=1S/C20H10Cl3NO/c21-11-4-5-13-14-8-12(22)9-18(23)16(14)10-17(15(13)7-11)20(25)19-3-1-2-6-24-19/h1-10H. The van der Waals surface area contributed by atoms with Gasteiger partial charge < -0.3 is 0 Å². The third kappa shape index (κ3) is 2.87. The summed E-state index contributed by atoms with van der Waals surface area (Å²) in [7, 11) is 0. The van der Waals surface area contributed by atoms with Gasteiger partial charge in [-0.15, -0.1) is 0 Å². The van der Waals surface area contributed by atoms with Crippen LogP contribution in [-0.2, 0) is 0 Å². The molecule has 1 aromatic heterocycles. The van der Waals surface area contributed by atoms with Crippen LogP contribution in [-0.4, -0.2) is 10.8 Å². The van der Waals surface area contributed by atoms with Crippen molar-refractivity contribution >= 4 is 62.1 Å². The topological polar surface area (TPSA) is 30.0 Å². The predicted octanol–water partition coefficient (Wildman–Crippen LogP) is 6.58. The zero-order valence-corrected chi connectivity index (χ0v) is 15.0. The van der Waals surface area contributed by atoms with Crippen molar-refractivity contribution < 1.29 is 4.79 Å². The van der Waals surface area contributed by atoms with E-state index in [-0.39, 0.29) is 5.78 Å². The number of aromatic nitrogens is 1. The average Bonchev–Trinajstić information content (AvgIpc) is 2.61. The number of nitrogens with zero attached hydrogens (tertiary/aromatic N) is 1. The molecule has 0 fully saturated rings. The largest absolute Gasteiger partial charge is 0.287 e. The Morgan fingerprint density at radius 2 is 1.56 bits per heavy atom. The molecule has 1 heterocycles. The molecule has 0 atom stereocenters. The molecule has 0 saturated heterocycles. The summed E-state index contributed by atoms with van der Waals surface area (Å²) in [5, 5.41) is 4.84. The number of hydrogen-bond acceptors (Lipinski definition) is 2. The van der Waals surface area contributed by atoms with Crippen molar-refractivity contribution in [3.05, 3.63) is 87.1 Å². The number of carbonyl (C=O) groups excluding carboxylic acids is 1. The Kier molecular flexibility index (Phi) is 4.12. The summed E-state index contributed by atoms with van der Waals surface area (Å²) in [4.78, 5) is 17.2. The van der Waals surface area contributed by atoms with Crippen molar-refractivity contribution in [2.24, 2.45) is 0 Å². The van der Waals surface area contributed by atoms with Crippen molar-refractivity contribution in [3.8, 4) is 0 Å². The van der Waals surface area contributed by atoms with Crippen molar-refractivity contribution in [3.63, 3.8) is 0 Å². The Hall–Kier alpha value is -2.13. The summed E-state index contributed by atoms with van der Waals surface area (Å²) in [5.41, 5.74) is 0.876. The second-order valence-corrected chi connectivity index (χ2v) is 6.92. The number of ketones is 1. The Labute approximate surface area is 159 Å². The first-order valence-corrected chi connectivity index (χ1v) is 8.65. The molecular formula is C20H10Cl3NO. The highest BCUT2D eigenvalue weighted by molar-refractivity contribution is 6.40. The fraction of sp³-hybridized carbons (Fsp3) is 0. The van der Waals surface area contributed by atoms with E-state index in [2.05, 4.69) is 4.98 Å². The van der Waals surface area contributed by atoms with E-state index in [0.717, 1.165) is 21.5 Å². The highest BCUT2D eigenvalue weighted by atomic mass is 35.5. The van der Waals surface area contributed by atoms with Crippen LogP contribution in [0.5, 0.6) is 0 Å². The van der Waals surface area contributed by atoms with E-state index >= 15 is 0 Å². The van der Waals surface area contributed by atoms with Gasteiger partial charge in [-0.05, 0) is 58.6 Å². The first-order valence-electron chi connectivity index (χ1n) is 7.51. The molecule has 0 bridgehead atoms. The minimum atomic E-state index is -0.180. The first-order chi connectivity index (χ1) is 12.0. The maximum atomic E-state index is 13.0. The summed E-state index contributed by atoms with van der Waals surface area (Å²) < 4.78 is 0. The van der Waals surface area contributed by atoms with Crippen LogP contribution >= 0.6 is 34.8 Å². The van der Waals surface area contributed by atoms with Gasteiger partial charge >= 0.3 is 0 Å². The smallest absolute Gasteiger partial charge is 0.211 e. The summed E-state index contributed by atoms with van der Waals surface area (Å²) >= 11 is 18.7. The second kappa shape index (κ2) is 6.30. The molecule has 122 valence electrons. The molecule has 0 aliphatic rings. The zero-order chi connectivity index (χ0) is 17.6. The fourth-order valence-corrected chi connectivity index (χ4v) is 3.69. The Bertz CT molecular complexity index is 1140. The van der Waals surface area contributed by atoms with Crippen molar-refractivity contribution in [1.82, 2.24) is 4.98 Å². The van der Waals surface area contributed by atoms with Gasteiger partial charge in [-0.2, -0.15) is 0 Å². The van der Waals surface area contributed by atoms with Crippen LogP contribution in [0.15, 0.2) is 60.8 Å². The van der Waals surface area contributed by atoms with Crippen LogP contribution in [0.4, 0.5) is 0 Å². The van der Waals surface area contributed by atoms with Gasteiger partial charge in [-0.25, -0.2) is 0 Å². The number of fused-ring (bicyclic) bond motifs is 3. The van der Waals surface area contributed by atoms with Crippen LogP contribution in [0.2, 0.25) is 15.1 Å². The Morgan fingerprint density at radius 3 is 2.32 bits per heavy atom. The zero-order valence-electron chi connectivity index (χ0n) is 12.8. The van der Waals surface area contributed by atoms with Crippen LogP contribution in [0, 0.1) is 0 Å². The first kappa shape index (κ1) is 16.3. The Balaban J connectivity index is 2.12. The van der Waals surface area contributed by atoms with Crippen LogP contribution in [0.3, 0.4) is 0 Å². The van der Waals surface area contributed by atoms with Gasteiger partial charge in [0.1, 0.15) is 5.69 Å². The van der Waals surface area contributed by atoms with Gasteiger partial charge in [0.15, 0.2) is 0 Å². The van der Waals surface area contributed by atoms with Gasteiger partial charge in [0, 0.05) is 32.2 Å². The molecule has 4 aromatic rings. The van der Waals surface area contributed by atoms with E-state index in [1.54, 1.807) is 48.7 Å². The van der Waals surface area contributed by atoms with Gasteiger partial charge in [0.05, 0.1) is 0 Å². The number of benzene rings is 3. The SMILES string of the molecule is O=C(c1ccccn1)c1cc2c(Cl)cc(Cl)cc2c2ccc(Cl)cc12. The van der Waals surface area contributed by atoms with E-state index in [1.165, 1.54) is 0 Å². The second-order valence-electron chi connectivity index (χ2n) is 5.64. The van der Waals surface area contributed by atoms with Crippen molar-refractivity contribution in [2.45, 2.75) is 0 Å². The molecule has 0 aliphatic heterocycles. The number of rotatable bonds is 2. The van der Waals surface area contributed by atoms with Crippen LogP contribution in [0.1, 0.15) is 16.1 Å². The van der Waals surface area contributed by atoms with Gasteiger partial charge in [-0.3, -0.25) is 9.78 Å². The summed E-state index contributed by atoms with van der Waals surface area (Å²) in [6.45, 7) is 0. The third-order valence-electron chi connectivity index (χ3n) is 4.09. The van der Waals surface area contributed by atoms with Gasteiger partial charge in [0.25, 0.3) is 0 Å². The average molecular weight is 387 g/mol. The van der Waals surface area contributed by atoms with E-state index in [4.69, 9.17) is 34.8 Å². The molecule has 2 nitrogen and oxygen atoms in total. The minimum Gasteiger partial charge on any atom is -0.287 e. The number of carbonyl (C=O) groups is 1. The van der Waals surface area contributed by atoms with E-state index in [9.17, 15) is 4.79 Å². The van der Waals surface area contributed by atoms with Crippen LogP contribution in [0.25, 0.3) is 21.5 Å². The highest BCUT2D eigenvalue weighted by Crippen LogP contribution is 2.36. The lowest BCUT2D eigenvalue weighted by atomic mass is 9.94. The molecule has 25 heavy (non-hydrogen) atoms. The molecule has 4 rings (SSSR count). The molecular weight excluding hydrogens is 377 g/mol. The Morgan fingerprint density at radius 1 is 0.760 bits per heavy atom. The van der Waals surface area contributed by atoms with E-state index < -0.39 is 0 Å². The molecule has 0 N–H and O–H groups in total. The monoisotopic (exact) mass is 385 g/mol. The lowest BCUT2D eigenvalue weighted by Gasteiger charge is -2.12. The maximum Gasteiger partial charge on any atom is 0.211 e. The minimum absolute atomic E-state index is 0.180. The van der Waals surface area contributed by atoms with E-state index in [0.29, 0.717) is 26.3 Å². The molecule has 0 spiro atoms. The molecule has 0 aliphatic carbocycles. The molecule has 0 unspecified atom stereocenters. The lowest BCUT2D eigenvalue weighted by molar-refractivity contribution is 0.103. The number of pyridine rings is 1. The molecule has 0 saturated carbocycles. The predicted molar refractivity (Wildman–Crippen MR) is 104 cm³/mol. The molecule has 0 amide bonds. The van der Waals surface area contributed by atoms with Crippen LogP contribution < -0.4 is 0 Å². The van der Waals surface area contributed by atoms with Crippen molar-refractivity contribution in [1.29, 1.82) is 0 Å². The molecule has 0 radical (unpaired) electrons. The normalized spacial score (nSPS) is 11.2. The van der Waals surface area contributed by atoms with Gasteiger partial charge in [0.2, 0.25) is 5.78 Å². The fourth-order valence-electron chi connectivity index (χ4n) is 2.97. The summed E-state index contributed by atoms with van der Waals surface area (Å²) in [6.07, 6.45) is 1.59. The lowest BCUT2D eigenvalue weighted by Crippen LogP contribution is -2.04. The molecule has 3 aromatic carbocycles. The van der Waals surface area contributed by atoms with Crippen molar-refractivity contribution in [2.75, 3.05) is 0 Å². The summed E-state index contributed by atoms with van der Waals surface area (Å²) in [6, 6.07) is 16.0.